The highest BCUT2D eigenvalue weighted by atomic mass is 35.5. The van der Waals surface area contributed by atoms with Crippen LogP contribution in [0.4, 0.5) is 0 Å². The minimum atomic E-state index is 0.463. The lowest BCUT2D eigenvalue weighted by atomic mass is 10.5. The van der Waals surface area contributed by atoms with Crippen LogP contribution in [0.15, 0.2) is 11.1 Å². The van der Waals surface area contributed by atoms with Crippen molar-refractivity contribution in [1.29, 1.82) is 0 Å². The van der Waals surface area contributed by atoms with Crippen molar-refractivity contribution >= 4 is 11.6 Å². The number of hydrogen-bond donors (Lipinski definition) is 0. The van der Waals surface area contributed by atoms with Gasteiger partial charge in [-0.3, -0.25) is 0 Å². The summed E-state index contributed by atoms with van der Waals surface area (Å²) in [7, 11) is 1.59. The van der Waals surface area contributed by atoms with E-state index in [0.29, 0.717) is 11.6 Å². The Bertz CT molecular complexity index is 68.5. The average Bonchev–Trinajstić information content (AvgIpc) is 1.68. The van der Waals surface area contributed by atoms with Crippen molar-refractivity contribution in [3.63, 3.8) is 0 Å². The molecule has 0 aromatic rings. The number of halogens is 1. The average molecular weight is 120 g/mol. The summed E-state index contributed by atoms with van der Waals surface area (Å²) in [6.45, 7) is 3.89. The van der Waals surface area contributed by atoms with E-state index in [2.05, 4.69) is 11.7 Å². The Hall–Kier alpha value is -0.0100. The molecule has 0 bridgehead atoms. The third kappa shape index (κ3) is 3.83. The number of methoxy groups -OCH3 is 1. The van der Waals surface area contributed by atoms with E-state index in [-0.39, 0.29) is 0 Å². The quantitative estimate of drug-likeness (QED) is 0.537. The van der Waals surface area contributed by atoms with Crippen LogP contribution in [0.1, 0.15) is 0 Å². The van der Waals surface area contributed by atoms with E-state index in [9.17, 15) is 0 Å². The zero-order valence-corrected chi connectivity index (χ0v) is 5.03. The summed E-state index contributed by atoms with van der Waals surface area (Å²) in [6.07, 6.45) is 1.56. The second-order valence-corrected chi connectivity index (χ2v) is 1.57. The molecule has 0 aliphatic rings. The first-order chi connectivity index (χ1) is 3.31. The summed E-state index contributed by atoms with van der Waals surface area (Å²) >= 11 is 5.44. The van der Waals surface area contributed by atoms with Gasteiger partial charge in [0.2, 0.25) is 0 Å². The molecule has 0 heterocycles. The van der Waals surface area contributed by atoms with Crippen molar-refractivity contribution in [1.82, 2.24) is 0 Å². The highest BCUT2D eigenvalue weighted by Gasteiger charge is 1.82. The molecular formula is C5H8ClO. The van der Waals surface area contributed by atoms with Gasteiger partial charge in [-0.05, 0) is 6.92 Å². The molecule has 0 aliphatic heterocycles. The van der Waals surface area contributed by atoms with E-state index in [0.717, 1.165) is 0 Å². The Labute approximate surface area is 48.9 Å². The first-order valence-corrected chi connectivity index (χ1v) is 2.31. The molecule has 1 radical (unpaired) electrons. The first-order valence-electron chi connectivity index (χ1n) is 1.94. The normalized spacial score (nSPS) is 12.1. The fourth-order valence-electron chi connectivity index (χ4n) is 0.197. The van der Waals surface area contributed by atoms with E-state index >= 15 is 0 Å². The lowest BCUT2D eigenvalue weighted by Crippen LogP contribution is -1.85. The van der Waals surface area contributed by atoms with Crippen LogP contribution in [0, 0.1) is 6.92 Å². The third-order valence-corrected chi connectivity index (χ3v) is 0.767. The van der Waals surface area contributed by atoms with Crippen molar-refractivity contribution in [3.05, 3.63) is 18.0 Å². The Morgan fingerprint density at radius 3 is 2.71 bits per heavy atom. The minimum absolute atomic E-state index is 0.463. The summed E-state index contributed by atoms with van der Waals surface area (Å²) in [5.74, 6) is 0. The Balaban J connectivity index is 3.17. The summed E-state index contributed by atoms with van der Waals surface area (Å²) in [5.41, 5.74) is 0. The Morgan fingerprint density at radius 1 is 2.00 bits per heavy atom. The van der Waals surface area contributed by atoms with Gasteiger partial charge < -0.3 is 4.74 Å². The number of rotatable bonds is 2. The number of allylic oxidation sites excluding steroid dienone is 1. The lowest BCUT2D eigenvalue weighted by Gasteiger charge is -1.90. The SMILES string of the molecule is [CH2]C=C(Cl)COC. The highest BCUT2D eigenvalue weighted by molar-refractivity contribution is 6.29. The van der Waals surface area contributed by atoms with Gasteiger partial charge in [-0.25, -0.2) is 0 Å². The van der Waals surface area contributed by atoms with Gasteiger partial charge in [0.15, 0.2) is 0 Å². The maximum atomic E-state index is 5.44. The zero-order valence-electron chi connectivity index (χ0n) is 4.28. The summed E-state index contributed by atoms with van der Waals surface area (Å²) in [6, 6.07) is 0. The molecule has 0 saturated carbocycles. The second-order valence-electron chi connectivity index (χ2n) is 1.08. The molecule has 0 amide bonds. The molecule has 0 unspecified atom stereocenters. The van der Waals surface area contributed by atoms with Crippen LogP contribution in [0.2, 0.25) is 0 Å². The predicted molar refractivity (Wildman–Crippen MR) is 31.2 cm³/mol. The molecule has 0 rings (SSSR count). The van der Waals surface area contributed by atoms with Crippen LogP contribution in [0.3, 0.4) is 0 Å². The zero-order chi connectivity index (χ0) is 5.70. The van der Waals surface area contributed by atoms with Gasteiger partial charge in [-0.1, -0.05) is 17.7 Å². The van der Waals surface area contributed by atoms with E-state index in [4.69, 9.17) is 11.6 Å². The summed E-state index contributed by atoms with van der Waals surface area (Å²) < 4.78 is 4.65. The molecule has 0 saturated heterocycles. The molecule has 41 valence electrons. The minimum Gasteiger partial charge on any atom is -0.379 e. The van der Waals surface area contributed by atoms with E-state index in [1.165, 1.54) is 0 Å². The van der Waals surface area contributed by atoms with Crippen molar-refractivity contribution in [2.45, 2.75) is 0 Å². The second kappa shape index (κ2) is 4.16. The molecule has 1 nitrogen and oxygen atoms in total. The van der Waals surface area contributed by atoms with Gasteiger partial charge >= 0.3 is 0 Å². The summed E-state index contributed by atoms with van der Waals surface area (Å²) in [4.78, 5) is 0. The molecule has 0 N–H and O–H groups in total. The van der Waals surface area contributed by atoms with Gasteiger partial charge in [0.1, 0.15) is 0 Å². The van der Waals surface area contributed by atoms with E-state index in [1.54, 1.807) is 13.2 Å². The smallest absolute Gasteiger partial charge is 0.0815 e. The molecule has 2 heteroatoms. The van der Waals surface area contributed by atoms with Crippen molar-refractivity contribution in [3.8, 4) is 0 Å². The van der Waals surface area contributed by atoms with Crippen LogP contribution >= 0.6 is 11.6 Å². The lowest BCUT2D eigenvalue weighted by molar-refractivity contribution is 0.231. The van der Waals surface area contributed by atoms with Crippen LogP contribution in [-0.2, 0) is 4.74 Å². The molecule has 0 spiro atoms. The Kier molecular flexibility index (Phi) is 4.15. The highest BCUT2D eigenvalue weighted by Crippen LogP contribution is 1.97. The van der Waals surface area contributed by atoms with E-state index < -0.39 is 0 Å². The molecule has 0 aromatic heterocycles. The van der Waals surface area contributed by atoms with Crippen molar-refractivity contribution in [2.24, 2.45) is 0 Å². The standard InChI is InChI=1S/C5H8ClO/c1-3-5(6)4-7-2/h3H,1,4H2,2H3. The summed E-state index contributed by atoms with van der Waals surface area (Å²) in [5, 5.41) is 0.641. The maximum Gasteiger partial charge on any atom is 0.0815 e. The van der Waals surface area contributed by atoms with Crippen molar-refractivity contribution in [2.75, 3.05) is 13.7 Å². The topological polar surface area (TPSA) is 9.23 Å². The molecule has 0 atom stereocenters. The van der Waals surface area contributed by atoms with Crippen LogP contribution < -0.4 is 0 Å². The number of hydrogen-bond acceptors (Lipinski definition) is 1. The van der Waals surface area contributed by atoms with Gasteiger partial charge in [0, 0.05) is 12.1 Å². The van der Waals surface area contributed by atoms with Crippen LogP contribution in [0.25, 0.3) is 0 Å². The van der Waals surface area contributed by atoms with Crippen molar-refractivity contribution < 1.29 is 4.74 Å². The van der Waals surface area contributed by atoms with Gasteiger partial charge in [-0.15, -0.1) is 0 Å². The largest absolute Gasteiger partial charge is 0.379 e. The Morgan fingerprint density at radius 2 is 2.57 bits per heavy atom. The predicted octanol–water partition coefficient (Wildman–Crippen LogP) is 1.59. The van der Waals surface area contributed by atoms with Gasteiger partial charge in [-0.2, -0.15) is 0 Å². The molecule has 7 heavy (non-hydrogen) atoms. The molecule has 0 aromatic carbocycles. The number of ether oxygens (including phenoxy) is 1. The maximum absolute atomic E-state index is 5.44. The van der Waals surface area contributed by atoms with Crippen LogP contribution in [-0.4, -0.2) is 13.7 Å². The van der Waals surface area contributed by atoms with Gasteiger partial charge in [0.05, 0.1) is 6.61 Å². The van der Waals surface area contributed by atoms with Gasteiger partial charge in [0.25, 0.3) is 0 Å². The molecule has 0 fully saturated rings. The van der Waals surface area contributed by atoms with Crippen LogP contribution in [0.5, 0.6) is 0 Å². The van der Waals surface area contributed by atoms with E-state index in [1.807, 2.05) is 0 Å². The monoisotopic (exact) mass is 119 g/mol. The first kappa shape index (κ1) is 6.99. The third-order valence-electron chi connectivity index (χ3n) is 0.504. The fourth-order valence-corrected chi connectivity index (χ4v) is 0.306. The fraction of sp³-hybridized carbons (Fsp3) is 0.400. The molecular weight excluding hydrogens is 112 g/mol. The molecule has 0 aliphatic carbocycles.